The molecule has 3 heterocycles. The van der Waals surface area contributed by atoms with Crippen molar-refractivity contribution >= 4 is 29.2 Å². The van der Waals surface area contributed by atoms with Crippen molar-refractivity contribution in [2.45, 2.75) is 19.9 Å². The number of nitrogens with one attached hydrogen (secondary N) is 2. The van der Waals surface area contributed by atoms with Crippen LogP contribution in [-0.2, 0) is 4.79 Å². The highest BCUT2D eigenvalue weighted by Crippen LogP contribution is 2.24. The highest BCUT2D eigenvalue weighted by atomic mass is 16.2. The number of carbonyl (C=O) groups excluding carboxylic acids is 3. The Hall–Kier alpha value is -3.69. The first kappa shape index (κ1) is 22.0. The molecule has 2 aromatic heterocycles. The van der Waals surface area contributed by atoms with Crippen molar-refractivity contribution in [1.82, 2.24) is 20.2 Å². The lowest BCUT2D eigenvalue weighted by Crippen LogP contribution is -2.49. The average Bonchev–Trinajstić information content (AvgIpc) is 2.77. The van der Waals surface area contributed by atoms with Gasteiger partial charge in [-0.15, -0.1) is 0 Å². The average molecular weight is 425 g/mol. The van der Waals surface area contributed by atoms with Crippen LogP contribution in [0.15, 0.2) is 36.7 Å². The molecule has 0 aliphatic carbocycles. The molecule has 0 aromatic carbocycles. The van der Waals surface area contributed by atoms with Crippen LogP contribution < -0.4 is 21.3 Å². The molecule has 164 valence electrons. The predicted octanol–water partition coefficient (Wildman–Crippen LogP) is 0.474. The quantitative estimate of drug-likeness (QED) is 0.587. The van der Waals surface area contributed by atoms with Crippen LogP contribution >= 0.6 is 0 Å². The van der Waals surface area contributed by atoms with E-state index in [4.69, 9.17) is 5.73 Å². The van der Waals surface area contributed by atoms with Gasteiger partial charge in [0, 0.05) is 44.6 Å². The standard InChI is InChI=1S/C21H27N7O3/c1-14(2)26-16-4-3-7-23-19(16)27-8-10-28(11-9-27)21(31)17-6-5-15(12-24-17)20(30)25-13-18(22)29/h3-7,12,14,26H,8-11,13H2,1-2H3,(H2,22,29)(H,25,30). The Kier molecular flexibility index (Phi) is 7.01. The van der Waals surface area contributed by atoms with E-state index >= 15 is 0 Å². The monoisotopic (exact) mass is 425 g/mol. The van der Waals surface area contributed by atoms with Gasteiger partial charge < -0.3 is 26.2 Å². The zero-order valence-corrected chi connectivity index (χ0v) is 17.7. The molecule has 0 unspecified atom stereocenters. The summed E-state index contributed by atoms with van der Waals surface area (Å²) in [7, 11) is 0. The molecule has 1 fully saturated rings. The summed E-state index contributed by atoms with van der Waals surface area (Å²) >= 11 is 0. The number of pyridine rings is 2. The fourth-order valence-corrected chi connectivity index (χ4v) is 3.28. The Morgan fingerprint density at radius 1 is 1.10 bits per heavy atom. The van der Waals surface area contributed by atoms with E-state index in [0.717, 1.165) is 11.5 Å². The van der Waals surface area contributed by atoms with Crippen molar-refractivity contribution in [3.8, 4) is 0 Å². The first-order valence-corrected chi connectivity index (χ1v) is 10.1. The van der Waals surface area contributed by atoms with Crippen LogP contribution in [-0.4, -0.2) is 71.4 Å². The maximum atomic E-state index is 12.8. The molecule has 3 rings (SSSR count). The number of carbonyl (C=O) groups is 3. The summed E-state index contributed by atoms with van der Waals surface area (Å²) in [6.45, 7) is 6.29. The third-order valence-electron chi connectivity index (χ3n) is 4.77. The van der Waals surface area contributed by atoms with Crippen LogP contribution in [0.5, 0.6) is 0 Å². The molecule has 0 bridgehead atoms. The fraction of sp³-hybridized carbons (Fsp3) is 0.381. The zero-order chi connectivity index (χ0) is 22.4. The van der Waals surface area contributed by atoms with E-state index in [9.17, 15) is 14.4 Å². The van der Waals surface area contributed by atoms with Crippen molar-refractivity contribution in [3.05, 3.63) is 47.9 Å². The van der Waals surface area contributed by atoms with Gasteiger partial charge in [0.1, 0.15) is 5.69 Å². The van der Waals surface area contributed by atoms with Gasteiger partial charge >= 0.3 is 0 Å². The van der Waals surface area contributed by atoms with Crippen LogP contribution in [0.2, 0.25) is 0 Å². The van der Waals surface area contributed by atoms with Crippen LogP contribution in [0.1, 0.15) is 34.7 Å². The van der Waals surface area contributed by atoms with Crippen LogP contribution in [0, 0.1) is 0 Å². The molecule has 3 amide bonds. The van der Waals surface area contributed by atoms with Gasteiger partial charge in [-0.1, -0.05) is 0 Å². The van der Waals surface area contributed by atoms with E-state index in [0.29, 0.717) is 26.2 Å². The van der Waals surface area contributed by atoms with Crippen molar-refractivity contribution in [1.29, 1.82) is 0 Å². The molecular weight excluding hydrogens is 398 g/mol. The Labute approximate surface area is 180 Å². The number of amides is 3. The predicted molar refractivity (Wildman–Crippen MR) is 117 cm³/mol. The van der Waals surface area contributed by atoms with Gasteiger partial charge in [-0.25, -0.2) is 4.98 Å². The summed E-state index contributed by atoms with van der Waals surface area (Å²) < 4.78 is 0. The molecule has 1 aliphatic heterocycles. The first-order chi connectivity index (χ1) is 14.8. The van der Waals surface area contributed by atoms with E-state index in [1.165, 1.54) is 18.3 Å². The number of primary amides is 1. The number of aromatic nitrogens is 2. The fourth-order valence-electron chi connectivity index (χ4n) is 3.28. The largest absolute Gasteiger partial charge is 0.380 e. The maximum absolute atomic E-state index is 12.8. The summed E-state index contributed by atoms with van der Waals surface area (Å²) in [5, 5.41) is 5.79. The summed E-state index contributed by atoms with van der Waals surface area (Å²) in [4.78, 5) is 48.0. The molecule has 0 saturated carbocycles. The maximum Gasteiger partial charge on any atom is 0.272 e. The third-order valence-corrected chi connectivity index (χ3v) is 4.77. The van der Waals surface area contributed by atoms with E-state index in [-0.39, 0.29) is 29.8 Å². The normalized spacial score (nSPS) is 13.8. The summed E-state index contributed by atoms with van der Waals surface area (Å²) in [6, 6.07) is 7.21. The van der Waals surface area contributed by atoms with Gasteiger partial charge in [-0.3, -0.25) is 19.4 Å². The van der Waals surface area contributed by atoms with Gasteiger partial charge in [0.25, 0.3) is 11.8 Å². The second-order valence-corrected chi connectivity index (χ2v) is 7.53. The number of piperazine rings is 1. The minimum Gasteiger partial charge on any atom is -0.380 e. The lowest BCUT2D eigenvalue weighted by atomic mass is 10.2. The Morgan fingerprint density at radius 2 is 1.84 bits per heavy atom. The van der Waals surface area contributed by atoms with Gasteiger partial charge in [-0.05, 0) is 38.1 Å². The summed E-state index contributed by atoms with van der Waals surface area (Å²) in [5.74, 6) is -0.414. The Balaban J connectivity index is 1.59. The molecule has 31 heavy (non-hydrogen) atoms. The van der Waals surface area contributed by atoms with Crippen molar-refractivity contribution in [2.75, 3.05) is 42.9 Å². The minimum absolute atomic E-state index is 0.190. The number of hydrogen-bond acceptors (Lipinski definition) is 7. The van der Waals surface area contributed by atoms with E-state index < -0.39 is 11.8 Å². The van der Waals surface area contributed by atoms with Gasteiger partial charge in [0.15, 0.2) is 5.82 Å². The van der Waals surface area contributed by atoms with E-state index in [2.05, 4.69) is 39.3 Å². The smallest absolute Gasteiger partial charge is 0.272 e. The van der Waals surface area contributed by atoms with Gasteiger partial charge in [0.05, 0.1) is 17.8 Å². The molecule has 10 heteroatoms. The van der Waals surface area contributed by atoms with Gasteiger partial charge in [0.2, 0.25) is 5.91 Å². The molecule has 2 aromatic rings. The van der Waals surface area contributed by atoms with Crippen molar-refractivity contribution < 1.29 is 14.4 Å². The molecule has 1 saturated heterocycles. The van der Waals surface area contributed by atoms with Crippen molar-refractivity contribution in [3.63, 3.8) is 0 Å². The van der Waals surface area contributed by atoms with Crippen LogP contribution in [0.3, 0.4) is 0 Å². The number of nitrogens with two attached hydrogens (primary N) is 1. The van der Waals surface area contributed by atoms with Gasteiger partial charge in [-0.2, -0.15) is 0 Å². The van der Waals surface area contributed by atoms with E-state index in [1.807, 2.05) is 12.1 Å². The molecule has 0 spiro atoms. The number of anilines is 2. The molecule has 10 nitrogen and oxygen atoms in total. The molecule has 0 atom stereocenters. The van der Waals surface area contributed by atoms with Crippen LogP contribution in [0.25, 0.3) is 0 Å². The molecular formula is C21H27N7O3. The second-order valence-electron chi connectivity index (χ2n) is 7.53. The summed E-state index contributed by atoms with van der Waals surface area (Å²) in [5.41, 5.74) is 6.50. The van der Waals surface area contributed by atoms with E-state index in [1.54, 1.807) is 11.1 Å². The Morgan fingerprint density at radius 3 is 2.45 bits per heavy atom. The first-order valence-electron chi connectivity index (χ1n) is 10.1. The van der Waals surface area contributed by atoms with Crippen molar-refractivity contribution in [2.24, 2.45) is 5.73 Å². The van der Waals surface area contributed by atoms with Crippen LogP contribution in [0.4, 0.5) is 11.5 Å². The highest BCUT2D eigenvalue weighted by Gasteiger charge is 2.25. The number of hydrogen-bond donors (Lipinski definition) is 3. The Bertz CT molecular complexity index is 938. The summed E-state index contributed by atoms with van der Waals surface area (Å²) in [6.07, 6.45) is 3.08. The molecule has 4 N–H and O–H groups in total. The second kappa shape index (κ2) is 9.88. The molecule has 0 radical (unpaired) electrons. The lowest BCUT2D eigenvalue weighted by molar-refractivity contribution is -0.117. The number of rotatable bonds is 7. The lowest BCUT2D eigenvalue weighted by Gasteiger charge is -2.36. The SMILES string of the molecule is CC(C)Nc1cccnc1N1CCN(C(=O)c2ccc(C(=O)NCC(N)=O)cn2)CC1. The minimum atomic E-state index is -0.634. The highest BCUT2D eigenvalue weighted by molar-refractivity contribution is 5.97. The zero-order valence-electron chi connectivity index (χ0n) is 17.7. The topological polar surface area (TPSA) is 134 Å². The molecule has 1 aliphatic rings. The number of nitrogens with zero attached hydrogens (tertiary/aromatic N) is 4. The third kappa shape index (κ3) is 5.68.